The second kappa shape index (κ2) is 5.98. The average molecular weight is 343 g/mol. The maximum absolute atomic E-state index is 13.2. The summed E-state index contributed by atoms with van der Waals surface area (Å²) in [6, 6.07) is 19.8. The summed E-state index contributed by atoms with van der Waals surface area (Å²) in [6.07, 6.45) is 0.883. The molecule has 21 heavy (non-hydrogen) atoms. The van der Waals surface area contributed by atoms with Crippen LogP contribution in [0.4, 0.5) is 4.39 Å². The van der Waals surface area contributed by atoms with Gasteiger partial charge in [0.2, 0.25) is 0 Å². The van der Waals surface area contributed by atoms with Crippen molar-refractivity contribution in [3.63, 3.8) is 0 Å². The third kappa shape index (κ3) is 3.01. The lowest BCUT2D eigenvalue weighted by Gasteiger charge is -2.15. The molecule has 0 aromatic heterocycles. The van der Waals surface area contributed by atoms with Crippen LogP contribution in [0.25, 0.3) is 10.8 Å². The highest BCUT2D eigenvalue weighted by molar-refractivity contribution is 9.09. The molecule has 3 aromatic carbocycles. The molecule has 0 amide bonds. The van der Waals surface area contributed by atoms with Gasteiger partial charge in [-0.05, 0) is 52.9 Å². The summed E-state index contributed by atoms with van der Waals surface area (Å²) in [5, 5.41) is 2.54. The van der Waals surface area contributed by atoms with Crippen LogP contribution in [0, 0.1) is 12.7 Å². The molecule has 0 radical (unpaired) electrons. The van der Waals surface area contributed by atoms with Gasteiger partial charge in [0, 0.05) is 4.83 Å². The molecule has 1 unspecified atom stereocenters. The summed E-state index contributed by atoms with van der Waals surface area (Å²) in [4.78, 5) is 0.184. The summed E-state index contributed by atoms with van der Waals surface area (Å²) >= 11 is 3.76. The number of hydrogen-bond donors (Lipinski definition) is 0. The van der Waals surface area contributed by atoms with Gasteiger partial charge in [-0.3, -0.25) is 0 Å². The van der Waals surface area contributed by atoms with E-state index in [1.165, 1.54) is 22.4 Å². The predicted molar refractivity (Wildman–Crippen MR) is 90.5 cm³/mol. The molecule has 0 nitrogen and oxygen atoms in total. The zero-order chi connectivity index (χ0) is 14.8. The van der Waals surface area contributed by atoms with Crippen molar-refractivity contribution in [3.8, 4) is 0 Å². The van der Waals surface area contributed by atoms with Crippen molar-refractivity contribution in [2.75, 3.05) is 0 Å². The lowest BCUT2D eigenvalue weighted by Crippen LogP contribution is -1.99. The molecule has 0 fully saturated rings. The fraction of sp³-hybridized carbons (Fsp3) is 0.158. The fourth-order valence-electron chi connectivity index (χ4n) is 2.76. The minimum Gasteiger partial charge on any atom is -0.207 e. The van der Waals surface area contributed by atoms with E-state index >= 15 is 0 Å². The van der Waals surface area contributed by atoms with Crippen molar-refractivity contribution in [2.45, 2.75) is 18.2 Å². The van der Waals surface area contributed by atoms with Gasteiger partial charge in [-0.1, -0.05) is 64.5 Å². The summed E-state index contributed by atoms with van der Waals surface area (Å²) in [7, 11) is 0. The molecule has 3 rings (SSSR count). The summed E-state index contributed by atoms with van der Waals surface area (Å²) in [5.41, 5.74) is 3.43. The average Bonchev–Trinajstić information content (AvgIpc) is 2.47. The highest BCUT2D eigenvalue weighted by Gasteiger charge is 2.13. The number of halogens is 2. The maximum atomic E-state index is 13.2. The first-order valence-corrected chi connectivity index (χ1v) is 7.93. The minimum absolute atomic E-state index is 0.180. The van der Waals surface area contributed by atoms with E-state index < -0.39 is 0 Å². The molecule has 106 valence electrons. The van der Waals surface area contributed by atoms with Gasteiger partial charge in [0.25, 0.3) is 0 Å². The third-order valence-corrected chi connectivity index (χ3v) is 4.67. The number of rotatable bonds is 3. The molecular weight excluding hydrogens is 327 g/mol. The van der Waals surface area contributed by atoms with Crippen LogP contribution in [0.1, 0.15) is 21.5 Å². The Hall–Kier alpha value is -1.67. The van der Waals surface area contributed by atoms with Gasteiger partial charge >= 0.3 is 0 Å². The van der Waals surface area contributed by atoms with Crippen LogP contribution in [0.3, 0.4) is 0 Å². The Labute approximate surface area is 132 Å². The molecule has 0 bridgehead atoms. The second-order valence-electron chi connectivity index (χ2n) is 5.31. The van der Waals surface area contributed by atoms with Gasteiger partial charge in [0.05, 0.1) is 0 Å². The topological polar surface area (TPSA) is 0 Å². The van der Waals surface area contributed by atoms with E-state index in [9.17, 15) is 4.39 Å². The molecule has 0 N–H and O–H groups in total. The molecule has 0 aliphatic carbocycles. The summed E-state index contributed by atoms with van der Waals surface area (Å²) in [6.45, 7) is 1.95. The standard InChI is InChI=1S/C19H16BrF/c1-13-11-16(21)9-10-17(13)19(20)12-15-7-4-6-14-5-2-3-8-18(14)15/h2-11,19H,12H2,1H3. The van der Waals surface area contributed by atoms with Crippen molar-refractivity contribution in [3.05, 3.63) is 83.2 Å². The van der Waals surface area contributed by atoms with E-state index in [0.29, 0.717) is 0 Å². The van der Waals surface area contributed by atoms with Gasteiger partial charge in [-0.25, -0.2) is 4.39 Å². The maximum Gasteiger partial charge on any atom is 0.123 e. The highest BCUT2D eigenvalue weighted by Crippen LogP contribution is 2.32. The van der Waals surface area contributed by atoms with Crippen molar-refractivity contribution in [2.24, 2.45) is 0 Å². The van der Waals surface area contributed by atoms with Crippen LogP contribution in [-0.2, 0) is 6.42 Å². The van der Waals surface area contributed by atoms with Crippen LogP contribution in [0.5, 0.6) is 0 Å². The monoisotopic (exact) mass is 342 g/mol. The molecule has 0 saturated heterocycles. The minimum atomic E-state index is -0.180. The van der Waals surface area contributed by atoms with E-state index in [2.05, 4.69) is 58.4 Å². The smallest absolute Gasteiger partial charge is 0.123 e. The Morgan fingerprint density at radius 3 is 2.57 bits per heavy atom. The van der Waals surface area contributed by atoms with Crippen molar-refractivity contribution < 1.29 is 4.39 Å². The molecule has 1 atom stereocenters. The number of hydrogen-bond acceptors (Lipinski definition) is 0. The lowest BCUT2D eigenvalue weighted by atomic mass is 9.96. The second-order valence-corrected chi connectivity index (χ2v) is 6.42. The molecule has 3 aromatic rings. The van der Waals surface area contributed by atoms with Gasteiger partial charge < -0.3 is 0 Å². The quantitative estimate of drug-likeness (QED) is 0.514. The highest BCUT2D eigenvalue weighted by atomic mass is 79.9. The molecule has 0 saturated carbocycles. The van der Waals surface area contributed by atoms with Crippen LogP contribution in [0.2, 0.25) is 0 Å². The first-order chi connectivity index (χ1) is 10.1. The predicted octanol–water partition coefficient (Wildman–Crippen LogP) is 5.97. The molecule has 0 heterocycles. The van der Waals surface area contributed by atoms with Crippen LogP contribution >= 0.6 is 15.9 Å². The normalized spacial score (nSPS) is 12.5. The molecule has 0 aliphatic heterocycles. The van der Waals surface area contributed by atoms with E-state index in [0.717, 1.165) is 17.5 Å². The largest absolute Gasteiger partial charge is 0.207 e. The summed E-state index contributed by atoms with van der Waals surface area (Å²) < 4.78 is 13.2. The molecule has 0 aliphatic rings. The van der Waals surface area contributed by atoms with Crippen LogP contribution in [0.15, 0.2) is 60.7 Å². The van der Waals surface area contributed by atoms with Crippen LogP contribution in [-0.4, -0.2) is 0 Å². The van der Waals surface area contributed by atoms with Gasteiger partial charge in [-0.2, -0.15) is 0 Å². The molecule has 0 spiro atoms. The summed E-state index contributed by atoms with van der Waals surface area (Å²) in [5.74, 6) is -0.180. The van der Waals surface area contributed by atoms with Crippen molar-refractivity contribution in [1.82, 2.24) is 0 Å². The number of aryl methyl sites for hydroxylation is 1. The number of alkyl halides is 1. The Bertz CT molecular complexity index is 774. The van der Waals surface area contributed by atoms with E-state index in [-0.39, 0.29) is 10.6 Å². The Morgan fingerprint density at radius 1 is 1.00 bits per heavy atom. The van der Waals surface area contributed by atoms with Crippen molar-refractivity contribution >= 4 is 26.7 Å². The molecule has 2 heteroatoms. The SMILES string of the molecule is Cc1cc(F)ccc1C(Br)Cc1cccc2ccccc12. The van der Waals surface area contributed by atoms with E-state index in [4.69, 9.17) is 0 Å². The third-order valence-electron chi connectivity index (χ3n) is 3.85. The first kappa shape index (κ1) is 14.3. The zero-order valence-electron chi connectivity index (χ0n) is 11.8. The molecular formula is C19H16BrF. The van der Waals surface area contributed by atoms with Gasteiger partial charge in [0.15, 0.2) is 0 Å². The van der Waals surface area contributed by atoms with Crippen LogP contribution < -0.4 is 0 Å². The Balaban J connectivity index is 1.94. The van der Waals surface area contributed by atoms with Gasteiger partial charge in [-0.15, -0.1) is 0 Å². The Morgan fingerprint density at radius 2 is 1.76 bits per heavy atom. The zero-order valence-corrected chi connectivity index (χ0v) is 13.4. The number of fused-ring (bicyclic) bond motifs is 1. The van der Waals surface area contributed by atoms with Gasteiger partial charge in [0.1, 0.15) is 5.82 Å². The lowest BCUT2D eigenvalue weighted by molar-refractivity contribution is 0.625. The Kier molecular flexibility index (Phi) is 4.07. The van der Waals surface area contributed by atoms with Crippen molar-refractivity contribution in [1.29, 1.82) is 0 Å². The van der Waals surface area contributed by atoms with E-state index in [1.807, 2.05) is 13.0 Å². The van der Waals surface area contributed by atoms with E-state index in [1.54, 1.807) is 6.07 Å². The fourth-order valence-corrected chi connectivity index (χ4v) is 3.63. The number of benzene rings is 3. The first-order valence-electron chi connectivity index (χ1n) is 7.02.